The molecule has 0 saturated carbocycles. The number of ether oxygens (including phenoxy) is 2. The van der Waals surface area contributed by atoms with E-state index in [2.05, 4.69) is 0 Å². The quantitative estimate of drug-likeness (QED) is 0.745. The molecule has 5 nitrogen and oxygen atoms in total. The molecule has 0 aromatic heterocycles. The summed E-state index contributed by atoms with van der Waals surface area (Å²) in [4.78, 5) is 26.3. The van der Waals surface area contributed by atoms with Gasteiger partial charge in [-0.2, -0.15) is 0 Å². The average molecular weight is 293 g/mol. The number of hydrogen-bond acceptors (Lipinski definition) is 4. The van der Waals surface area contributed by atoms with E-state index in [0.717, 1.165) is 0 Å². The molecule has 2 rings (SSSR count). The Hall–Kier alpha value is -1.46. The number of allylic oxidation sites excluding steroid dienone is 2. The van der Waals surface area contributed by atoms with Crippen LogP contribution in [0, 0.1) is 11.3 Å². The lowest BCUT2D eigenvalue weighted by molar-refractivity contribution is -0.147. The molecule has 21 heavy (non-hydrogen) atoms. The van der Waals surface area contributed by atoms with E-state index in [0.29, 0.717) is 26.1 Å². The number of amides is 2. The maximum atomic E-state index is 13.0. The lowest BCUT2D eigenvalue weighted by atomic mass is 9.69. The molecular formula is C16H23NO4. The zero-order valence-corrected chi connectivity index (χ0v) is 12.9. The summed E-state index contributed by atoms with van der Waals surface area (Å²) >= 11 is 0. The Kier molecular flexibility index (Phi) is 4.96. The normalized spacial score (nSPS) is 26.2. The molecule has 0 radical (unpaired) electrons. The summed E-state index contributed by atoms with van der Waals surface area (Å²) in [5.41, 5.74) is -0.621. The van der Waals surface area contributed by atoms with E-state index in [1.807, 2.05) is 24.3 Å². The Morgan fingerprint density at radius 3 is 2.29 bits per heavy atom. The highest BCUT2D eigenvalue weighted by Crippen LogP contribution is 2.49. The number of carbonyl (C=O) groups excluding carboxylic acids is 2. The van der Waals surface area contributed by atoms with Gasteiger partial charge in [-0.05, 0) is 12.8 Å². The van der Waals surface area contributed by atoms with E-state index in [9.17, 15) is 9.59 Å². The third-order valence-electron chi connectivity index (χ3n) is 4.53. The molecule has 116 valence electrons. The molecular weight excluding hydrogens is 270 g/mol. The van der Waals surface area contributed by atoms with Gasteiger partial charge in [-0.1, -0.05) is 24.3 Å². The Morgan fingerprint density at radius 2 is 1.76 bits per heavy atom. The first-order chi connectivity index (χ1) is 10.1. The molecule has 5 heteroatoms. The number of likely N-dealkylation sites (tertiary alicyclic amines) is 1. The number of hydrogen-bond donors (Lipinski definition) is 0. The first-order valence-electron chi connectivity index (χ1n) is 7.25. The van der Waals surface area contributed by atoms with Crippen molar-refractivity contribution in [3.8, 4) is 0 Å². The van der Waals surface area contributed by atoms with Gasteiger partial charge in [0.15, 0.2) is 0 Å². The molecule has 0 bridgehead atoms. The van der Waals surface area contributed by atoms with Gasteiger partial charge in [0.05, 0.1) is 11.5 Å². The Balaban J connectivity index is 2.40. The van der Waals surface area contributed by atoms with Gasteiger partial charge in [-0.15, -0.1) is 0 Å². The van der Waals surface area contributed by atoms with Crippen LogP contribution < -0.4 is 0 Å². The maximum Gasteiger partial charge on any atom is 0.236 e. The third-order valence-corrected chi connectivity index (χ3v) is 4.53. The predicted octanol–water partition coefficient (Wildman–Crippen LogP) is 1.55. The van der Waals surface area contributed by atoms with E-state index >= 15 is 0 Å². The van der Waals surface area contributed by atoms with Crippen LogP contribution in [0.5, 0.6) is 0 Å². The second-order valence-corrected chi connectivity index (χ2v) is 5.62. The van der Waals surface area contributed by atoms with Crippen LogP contribution in [-0.4, -0.2) is 50.2 Å². The molecule has 1 aliphatic carbocycles. The molecule has 1 heterocycles. The highest BCUT2D eigenvalue weighted by molar-refractivity contribution is 6.00. The smallest absolute Gasteiger partial charge is 0.236 e. The van der Waals surface area contributed by atoms with E-state index < -0.39 is 5.41 Å². The van der Waals surface area contributed by atoms with Crippen LogP contribution in [0.25, 0.3) is 0 Å². The minimum atomic E-state index is -0.621. The lowest BCUT2D eigenvalue weighted by Crippen LogP contribution is -2.40. The summed E-state index contributed by atoms with van der Waals surface area (Å²) in [7, 11) is 3.25. The van der Waals surface area contributed by atoms with E-state index in [1.54, 1.807) is 14.2 Å². The van der Waals surface area contributed by atoms with Gasteiger partial charge in [0, 0.05) is 40.3 Å². The summed E-state index contributed by atoms with van der Waals surface area (Å²) in [6.45, 7) is 2.42. The van der Waals surface area contributed by atoms with Crippen molar-refractivity contribution in [3.63, 3.8) is 0 Å². The van der Waals surface area contributed by atoms with Gasteiger partial charge < -0.3 is 9.47 Å². The van der Waals surface area contributed by atoms with E-state index in [1.165, 1.54) is 11.8 Å². The Labute approximate surface area is 125 Å². The van der Waals surface area contributed by atoms with Crippen LogP contribution >= 0.6 is 0 Å². The Bertz CT molecular complexity index is 461. The highest BCUT2D eigenvalue weighted by Gasteiger charge is 2.58. The standard InChI is InChI=1S/C16H23NO4/c1-12(18)17-14-7-5-4-6-13(14)16(15(17)19,8-10-20-2)9-11-21-3/h4-7,13-14H,8-11H2,1-3H3. The van der Waals surface area contributed by atoms with Gasteiger partial charge in [-0.3, -0.25) is 14.5 Å². The molecule has 2 atom stereocenters. The van der Waals surface area contributed by atoms with Gasteiger partial charge in [0.1, 0.15) is 0 Å². The second-order valence-electron chi connectivity index (χ2n) is 5.62. The third kappa shape index (κ3) is 2.68. The molecule has 1 fully saturated rings. The second kappa shape index (κ2) is 6.54. The van der Waals surface area contributed by atoms with Crippen LogP contribution in [-0.2, 0) is 19.1 Å². The lowest BCUT2D eigenvalue weighted by Gasteiger charge is -2.32. The van der Waals surface area contributed by atoms with Crippen molar-refractivity contribution in [2.75, 3.05) is 27.4 Å². The molecule has 0 N–H and O–H groups in total. The largest absolute Gasteiger partial charge is 0.385 e. The SMILES string of the molecule is COCCC1(CCOC)C(=O)N(C(C)=O)C2C=CC=CC21. The first kappa shape index (κ1) is 15.9. The molecule has 2 amide bonds. The summed E-state index contributed by atoms with van der Waals surface area (Å²) in [5.74, 6) is -0.314. The predicted molar refractivity (Wildman–Crippen MR) is 78.5 cm³/mol. The molecule has 2 aliphatic rings. The minimum absolute atomic E-state index is 0.0100. The van der Waals surface area contributed by atoms with E-state index in [-0.39, 0.29) is 23.8 Å². The number of rotatable bonds is 6. The number of nitrogens with zero attached hydrogens (tertiary/aromatic N) is 1. The van der Waals surface area contributed by atoms with Crippen molar-refractivity contribution in [3.05, 3.63) is 24.3 Å². The van der Waals surface area contributed by atoms with Crippen LogP contribution in [0.15, 0.2) is 24.3 Å². The van der Waals surface area contributed by atoms with Crippen molar-refractivity contribution in [2.24, 2.45) is 11.3 Å². The fraction of sp³-hybridized carbons (Fsp3) is 0.625. The maximum absolute atomic E-state index is 13.0. The van der Waals surface area contributed by atoms with Crippen molar-refractivity contribution < 1.29 is 19.1 Å². The van der Waals surface area contributed by atoms with Crippen LogP contribution in [0.3, 0.4) is 0 Å². The van der Waals surface area contributed by atoms with Crippen LogP contribution in [0.1, 0.15) is 19.8 Å². The number of methoxy groups -OCH3 is 2. The van der Waals surface area contributed by atoms with Crippen molar-refractivity contribution in [1.82, 2.24) is 4.90 Å². The van der Waals surface area contributed by atoms with E-state index in [4.69, 9.17) is 9.47 Å². The summed E-state index contributed by atoms with van der Waals surface area (Å²) in [5, 5.41) is 0. The monoisotopic (exact) mass is 293 g/mol. The summed E-state index contributed by atoms with van der Waals surface area (Å²) < 4.78 is 10.4. The van der Waals surface area contributed by atoms with Crippen molar-refractivity contribution >= 4 is 11.8 Å². The highest BCUT2D eigenvalue weighted by atomic mass is 16.5. The number of carbonyl (C=O) groups is 2. The molecule has 0 spiro atoms. The molecule has 0 aromatic rings. The van der Waals surface area contributed by atoms with Gasteiger partial charge in [-0.25, -0.2) is 0 Å². The van der Waals surface area contributed by atoms with Gasteiger partial charge >= 0.3 is 0 Å². The topological polar surface area (TPSA) is 55.8 Å². The Morgan fingerprint density at radius 1 is 1.19 bits per heavy atom. The molecule has 2 unspecified atom stereocenters. The number of fused-ring (bicyclic) bond motifs is 1. The fourth-order valence-electron chi connectivity index (χ4n) is 3.46. The number of imide groups is 1. The average Bonchev–Trinajstić information content (AvgIpc) is 2.72. The van der Waals surface area contributed by atoms with Crippen molar-refractivity contribution in [1.29, 1.82) is 0 Å². The van der Waals surface area contributed by atoms with Gasteiger partial charge in [0.25, 0.3) is 0 Å². The molecule has 1 aliphatic heterocycles. The zero-order valence-electron chi connectivity index (χ0n) is 12.9. The minimum Gasteiger partial charge on any atom is -0.385 e. The first-order valence-corrected chi connectivity index (χ1v) is 7.25. The zero-order chi connectivity index (χ0) is 15.5. The van der Waals surface area contributed by atoms with Crippen LogP contribution in [0.4, 0.5) is 0 Å². The fourth-order valence-corrected chi connectivity index (χ4v) is 3.46. The molecule has 0 aromatic carbocycles. The molecule has 1 saturated heterocycles. The van der Waals surface area contributed by atoms with Crippen LogP contribution in [0.2, 0.25) is 0 Å². The summed E-state index contributed by atoms with van der Waals surface area (Å²) in [6, 6.07) is -0.186. The van der Waals surface area contributed by atoms with Gasteiger partial charge in [0.2, 0.25) is 11.8 Å². The summed E-state index contributed by atoms with van der Waals surface area (Å²) in [6.07, 6.45) is 9.01. The van der Waals surface area contributed by atoms with Crippen molar-refractivity contribution in [2.45, 2.75) is 25.8 Å².